The smallest absolute Gasteiger partial charge is 0.344 e. The second-order valence-electron chi connectivity index (χ2n) is 1.79. The Morgan fingerprint density at radius 1 is 1.33 bits per heavy atom. The Morgan fingerprint density at radius 2 is 1.75 bits per heavy atom. The van der Waals surface area contributed by atoms with Gasteiger partial charge in [0, 0.05) is 0 Å². The van der Waals surface area contributed by atoms with E-state index in [1.807, 2.05) is 0 Å². The number of alkyl halides is 3. The van der Waals surface area contributed by atoms with Crippen LogP contribution in [0.2, 0.25) is 0 Å². The first-order chi connectivity index (χ1) is 4.77. The van der Waals surface area contributed by atoms with Gasteiger partial charge >= 0.3 is 6.36 Å². The Morgan fingerprint density at radius 3 is 2.00 bits per heavy atom. The first-order valence-electron chi connectivity index (χ1n) is 2.77. The predicted molar refractivity (Wildman–Crippen MR) is 36.2 cm³/mol. The van der Waals surface area contributed by atoms with Gasteiger partial charge in [-0.25, -0.2) is 0 Å². The van der Waals surface area contributed by atoms with E-state index in [-0.39, 0.29) is 12.6 Å². The molecule has 0 fully saturated rings. The quantitative estimate of drug-likeness (QED) is 0.713. The molecule has 0 heterocycles. The van der Waals surface area contributed by atoms with Crippen LogP contribution in [0.5, 0.6) is 0 Å². The number of hydrogen-bond acceptors (Lipinski definition) is 4. The molecular formula is C4H10F3NO3S. The van der Waals surface area contributed by atoms with Crippen LogP contribution in [0.15, 0.2) is 0 Å². The largest absolute Gasteiger partial charge is 0.537 e. The van der Waals surface area contributed by atoms with Gasteiger partial charge in [-0.2, -0.15) is 12.6 Å². The summed E-state index contributed by atoms with van der Waals surface area (Å²) in [5, 5.41) is 0. The Bertz CT molecular complexity index is 210. The van der Waals surface area contributed by atoms with Crippen LogP contribution in [0.4, 0.5) is 13.2 Å². The number of hydrogen-bond donors (Lipinski definition) is 1. The molecule has 0 aromatic heterocycles. The molecule has 0 unspecified atom stereocenters. The fraction of sp³-hybridized carbons (Fsp3) is 1.00. The normalized spacial score (nSPS) is 12.3. The molecule has 8 heteroatoms. The molecule has 4 nitrogen and oxygen atoms in total. The molecule has 12 heavy (non-hydrogen) atoms. The lowest BCUT2D eigenvalue weighted by atomic mass is 10.6. The van der Waals surface area contributed by atoms with Gasteiger partial charge in [-0.15, -0.1) is 13.2 Å². The summed E-state index contributed by atoms with van der Waals surface area (Å²) in [5.74, 6) is -0.619. The van der Waals surface area contributed by atoms with Crippen molar-refractivity contribution in [3.05, 3.63) is 0 Å². The van der Waals surface area contributed by atoms with Gasteiger partial charge in [0.2, 0.25) is 0 Å². The van der Waals surface area contributed by atoms with E-state index in [0.29, 0.717) is 0 Å². The predicted octanol–water partition coefficient (Wildman–Crippen LogP) is 1.42. The molecule has 3 N–H and O–H groups in total. The first-order valence-corrected chi connectivity index (χ1v) is 4.34. The lowest BCUT2D eigenvalue weighted by Gasteiger charge is -2.05. The van der Waals surface area contributed by atoms with Gasteiger partial charge in [-0.3, -0.25) is 0 Å². The van der Waals surface area contributed by atoms with E-state index in [1.54, 1.807) is 0 Å². The molecule has 0 spiro atoms. The zero-order chi connectivity index (χ0) is 9.12. The van der Waals surface area contributed by atoms with Crippen molar-refractivity contribution in [3.63, 3.8) is 0 Å². The Balaban J connectivity index is 0. The molecule has 0 saturated carbocycles. The SMILES string of the molecule is CCCS(=O)(=O)OC(F)(F)F.N. The highest BCUT2D eigenvalue weighted by Crippen LogP contribution is 2.19. The van der Waals surface area contributed by atoms with Crippen molar-refractivity contribution in [1.82, 2.24) is 6.15 Å². The summed E-state index contributed by atoms with van der Waals surface area (Å²) in [6, 6.07) is 0. The van der Waals surface area contributed by atoms with E-state index in [2.05, 4.69) is 4.18 Å². The van der Waals surface area contributed by atoms with E-state index in [4.69, 9.17) is 0 Å². The van der Waals surface area contributed by atoms with Crippen molar-refractivity contribution in [2.24, 2.45) is 0 Å². The molecule has 0 amide bonds. The monoisotopic (exact) mass is 209 g/mol. The maximum Gasteiger partial charge on any atom is 0.537 e. The average Bonchev–Trinajstić information content (AvgIpc) is 1.55. The summed E-state index contributed by atoms with van der Waals surface area (Å²) >= 11 is 0. The minimum absolute atomic E-state index is 0. The second-order valence-corrected chi connectivity index (χ2v) is 3.48. The standard InChI is InChI=1S/C4H7F3O3S.H3N/c1-2-3-11(8,9)10-4(5,6)7;/h2-3H2,1H3;1H3. The molecule has 0 aliphatic heterocycles. The molecule has 0 saturated heterocycles. The summed E-state index contributed by atoms with van der Waals surface area (Å²) in [7, 11) is -4.41. The maximum absolute atomic E-state index is 11.3. The van der Waals surface area contributed by atoms with Crippen molar-refractivity contribution in [2.45, 2.75) is 19.7 Å². The summed E-state index contributed by atoms with van der Waals surface area (Å²) in [6.07, 6.45) is -5.01. The Labute approximate surface area is 68.4 Å². The highest BCUT2D eigenvalue weighted by atomic mass is 32.2. The van der Waals surface area contributed by atoms with Gasteiger partial charge in [0.1, 0.15) is 0 Å². The molecule has 0 aliphatic rings. The summed E-state index contributed by atoms with van der Waals surface area (Å²) in [5.41, 5.74) is 0. The zero-order valence-electron chi connectivity index (χ0n) is 6.39. The van der Waals surface area contributed by atoms with Crippen LogP contribution in [0.3, 0.4) is 0 Å². The topological polar surface area (TPSA) is 78.4 Å². The number of rotatable bonds is 3. The van der Waals surface area contributed by atoms with Crippen molar-refractivity contribution in [3.8, 4) is 0 Å². The minimum atomic E-state index is -5.10. The van der Waals surface area contributed by atoms with Crippen LogP contribution in [0.1, 0.15) is 13.3 Å². The van der Waals surface area contributed by atoms with E-state index in [0.717, 1.165) is 0 Å². The highest BCUT2D eigenvalue weighted by Gasteiger charge is 2.36. The van der Waals surface area contributed by atoms with Crippen molar-refractivity contribution in [2.75, 3.05) is 5.75 Å². The van der Waals surface area contributed by atoms with Gasteiger partial charge in [0.05, 0.1) is 5.75 Å². The number of halogens is 3. The van der Waals surface area contributed by atoms with Crippen LogP contribution in [0, 0.1) is 0 Å². The van der Waals surface area contributed by atoms with Gasteiger partial charge in [0.15, 0.2) is 0 Å². The van der Waals surface area contributed by atoms with E-state index in [9.17, 15) is 21.6 Å². The van der Waals surface area contributed by atoms with Crippen LogP contribution in [-0.4, -0.2) is 20.5 Å². The molecule has 0 rings (SSSR count). The second kappa shape index (κ2) is 4.63. The maximum atomic E-state index is 11.3. The molecule has 0 aromatic rings. The Hall–Kier alpha value is -0.340. The summed E-state index contributed by atoms with van der Waals surface area (Å²) in [6.45, 7) is 1.44. The Kier molecular flexibility index (Phi) is 5.48. The third-order valence-corrected chi connectivity index (χ3v) is 2.03. The van der Waals surface area contributed by atoms with Crippen LogP contribution >= 0.6 is 0 Å². The third kappa shape index (κ3) is 7.76. The molecule has 0 bridgehead atoms. The van der Waals surface area contributed by atoms with Gasteiger partial charge in [-0.1, -0.05) is 6.92 Å². The van der Waals surface area contributed by atoms with Crippen LogP contribution in [-0.2, 0) is 14.3 Å². The lowest BCUT2D eigenvalue weighted by Crippen LogP contribution is -2.21. The van der Waals surface area contributed by atoms with Crippen molar-refractivity contribution in [1.29, 1.82) is 0 Å². The average molecular weight is 209 g/mol. The van der Waals surface area contributed by atoms with E-state index in [1.165, 1.54) is 6.92 Å². The lowest BCUT2D eigenvalue weighted by molar-refractivity contribution is -0.271. The molecule has 76 valence electrons. The fourth-order valence-corrected chi connectivity index (χ4v) is 1.31. The molecular weight excluding hydrogens is 199 g/mol. The minimum Gasteiger partial charge on any atom is -0.344 e. The van der Waals surface area contributed by atoms with Crippen molar-refractivity contribution >= 4 is 10.1 Å². The molecule has 0 radical (unpaired) electrons. The first kappa shape index (κ1) is 14.2. The van der Waals surface area contributed by atoms with Crippen molar-refractivity contribution < 1.29 is 25.8 Å². The van der Waals surface area contributed by atoms with Crippen LogP contribution in [0.25, 0.3) is 0 Å². The van der Waals surface area contributed by atoms with Gasteiger partial charge in [-0.05, 0) is 6.42 Å². The highest BCUT2D eigenvalue weighted by molar-refractivity contribution is 7.86. The van der Waals surface area contributed by atoms with E-state index < -0.39 is 22.2 Å². The van der Waals surface area contributed by atoms with Gasteiger partial charge < -0.3 is 6.15 Å². The van der Waals surface area contributed by atoms with E-state index >= 15 is 0 Å². The fourth-order valence-electron chi connectivity index (χ4n) is 0.436. The summed E-state index contributed by atoms with van der Waals surface area (Å²) in [4.78, 5) is 0. The molecule has 0 atom stereocenters. The van der Waals surface area contributed by atoms with Gasteiger partial charge in [0.25, 0.3) is 10.1 Å². The molecule has 0 aliphatic carbocycles. The molecule has 0 aromatic carbocycles. The zero-order valence-corrected chi connectivity index (χ0v) is 7.20. The summed E-state index contributed by atoms with van der Waals surface area (Å²) < 4.78 is 57.3. The third-order valence-electron chi connectivity index (χ3n) is 0.676. The van der Waals surface area contributed by atoms with Crippen LogP contribution < -0.4 is 6.15 Å².